The number of rotatable bonds is 5. The summed E-state index contributed by atoms with van der Waals surface area (Å²) in [6.07, 6.45) is 2.21. The number of allylic oxidation sites excluding steroid dienone is 1. The topological polar surface area (TPSA) is 9.23 Å². The zero-order chi connectivity index (χ0) is 11.3. The third-order valence-electron chi connectivity index (χ3n) is 2.44. The highest BCUT2D eigenvalue weighted by Gasteiger charge is 2.03. The molecule has 1 atom stereocenters. The molecule has 1 rings (SSSR count). The Morgan fingerprint density at radius 3 is 2.40 bits per heavy atom. The van der Waals surface area contributed by atoms with Crippen LogP contribution in [-0.2, 0) is 6.42 Å². The van der Waals surface area contributed by atoms with Gasteiger partial charge >= 0.3 is 0 Å². The fourth-order valence-corrected chi connectivity index (χ4v) is 1.83. The normalized spacial score (nSPS) is 12.2. The summed E-state index contributed by atoms with van der Waals surface area (Å²) in [7, 11) is 1.69. The largest absolute Gasteiger partial charge is 0.497 e. The number of methoxy groups -OCH3 is 1. The zero-order valence-electron chi connectivity index (χ0n) is 9.92. The van der Waals surface area contributed by atoms with E-state index < -0.39 is 0 Å². The van der Waals surface area contributed by atoms with E-state index in [0.29, 0.717) is 5.92 Å². The van der Waals surface area contributed by atoms with Crippen molar-refractivity contribution >= 4 is 0 Å². The second kappa shape index (κ2) is 5.59. The molecule has 15 heavy (non-hydrogen) atoms. The first-order valence-corrected chi connectivity index (χ1v) is 5.39. The van der Waals surface area contributed by atoms with Crippen molar-refractivity contribution in [2.45, 2.75) is 26.7 Å². The average Bonchev–Trinajstić information content (AvgIpc) is 2.17. The Bertz CT molecular complexity index is 311. The van der Waals surface area contributed by atoms with Crippen LogP contribution >= 0.6 is 0 Å². The average molecular weight is 204 g/mol. The fraction of sp³-hybridized carbons (Fsp3) is 0.429. The van der Waals surface area contributed by atoms with Gasteiger partial charge in [-0.1, -0.05) is 24.6 Å². The van der Waals surface area contributed by atoms with Gasteiger partial charge in [0.25, 0.3) is 0 Å². The molecular formula is C14H20O. The van der Waals surface area contributed by atoms with Gasteiger partial charge < -0.3 is 4.74 Å². The first-order chi connectivity index (χ1) is 7.11. The Morgan fingerprint density at radius 2 is 1.93 bits per heavy atom. The van der Waals surface area contributed by atoms with Gasteiger partial charge in [0.2, 0.25) is 0 Å². The minimum atomic E-state index is 0.663. The Labute approximate surface area is 92.8 Å². The van der Waals surface area contributed by atoms with Gasteiger partial charge in [-0.05, 0) is 43.4 Å². The Kier molecular flexibility index (Phi) is 4.41. The van der Waals surface area contributed by atoms with E-state index in [1.54, 1.807) is 7.11 Å². The van der Waals surface area contributed by atoms with Gasteiger partial charge in [-0.2, -0.15) is 0 Å². The van der Waals surface area contributed by atoms with E-state index in [-0.39, 0.29) is 0 Å². The van der Waals surface area contributed by atoms with Gasteiger partial charge in [0.1, 0.15) is 5.75 Å². The van der Waals surface area contributed by atoms with Crippen LogP contribution in [0.3, 0.4) is 0 Å². The molecule has 0 fully saturated rings. The third kappa shape index (κ3) is 4.20. The van der Waals surface area contributed by atoms with Crippen LogP contribution in [0.5, 0.6) is 5.75 Å². The van der Waals surface area contributed by atoms with E-state index in [4.69, 9.17) is 4.74 Å². The lowest BCUT2D eigenvalue weighted by atomic mass is 9.95. The lowest BCUT2D eigenvalue weighted by molar-refractivity contribution is 0.414. The van der Waals surface area contributed by atoms with Gasteiger partial charge in [0.05, 0.1) is 7.11 Å². The van der Waals surface area contributed by atoms with Crippen LogP contribution in [0.4, 0.5) is 0 Å². The van der Waals surface area contributed by atoms with E-state index in [2.05, 4.69) is 32.6 Å². The van der Waals surface area contributed by atoms with Gasteiger partial charge in [0, 0.05) is 0 Å². The molecule has 1 heteroatoms. The molecule has 0 spiro atoms. The van der Waals surface area contributed by atoms with Crippen molar-refractivity contribution in [1.29, 1.82) is 0 Å². The van der Waals surface area contributed by atoms with E-state index in [1.165, 1.54) is 11.1 Å². The molecule has 0 unspecified atom stereocenters. The van der Waals surface area contributed by atoms with Crippen molar-refractivity contribution < 1.29 is 4.74 Å². The van der Waals surface area contributed by atoms with Crippen molar-refractivity contribution in [1.82, 2.24) is 0 Å². The molecule has 1 aromatic carbocycles. The number of hydrogen-bond acceptors (Lipinski definition) is 1. The first-order valence-electron chi connectivity index (χ1n) is 5.39. The molecule has 0 aliphatic carbocycles. The molecule has 0 amide bonds. The molecule has 0 aliphatic heterocycles. The Morgan fingerprint density at radius 1 is 1.33 bits per heavy atom. The minimum Gasteiger partial charge on any atom is -0.497 e. The zero-order valence-corrected chi connectivity index (χ0v) is 9.92. The second-order valence-electron chi connectivity index (χ2n) is 4.32. The SMILES string of the molecule is C=C(C)C[C@H](C)Cc1ccc(OC)cc1. The van der Waals surface area contributed by atoms with Crippen molar-refractivity contribution in [3.05, 3.63) is 42.0 Å². The van der Waals surface area contributed by atoms with Crippen molar-refractivity contribution in [3.63, 3.8) is 0 Å². The van der Waals surface area contributed by atoms with E-state index in [9.17, 15) is 0 Å². The summed E-state index contributed by atoms with van der Waals surface area (Å²) < 4.78 is 5.12. The maximum Gasteiger partial charge on any atom is 0.118 e. The van der Waals surface area contributed by atoms with E-state index >= 15 is 0 Å². The molecule has 0 saturated heterocycles. The molecule has 0 N–H and O–H groups in total. The quantitative estimate of drug-likeness (QED) is 0.662. The molecule has 82 valence electrons. The van der Waals surface area contributed by atoms with Gasteiger partial charge in [-0.15, -0.1) is 6.58 Å². The monoisotopic (exact) mass is 204 g/mol. The first kappa shape index (κ1) is 11.8. The Hall–Kier alpha value is -1.24. The van der Waals surface area contributed by atoms with Crippen LogP contribution in [0.25, 0.3) is 0 Å². The summed E-state index contributed by atoms with van der Waals surface area (Å²) >= 11 is 0. The summed E-state index contributed by atoms with van der Waals surface area (Å²) in [6.45, 7) is 8.29. The van der Waals surface area contributed by atoms with Crippen molar-refractivity contribution in [2.24, 2.45) is 5.92 Å². The summed E-state index contributed by atoms with van der Waals surface area (Å²) in [4.78, 5) is 0. The smallest absolute Gasteiger partial charge is 0.118 e. The van der Waals surface area contributed by atoms with Gasteiger partial charge in [-0.3, -0.25) is 0 Å². The van der Waals surface area contributed by atoms with Crippen molar-refractivity contribution in [3.8, 4) is 5.75 Å². The van der Waals surface area contributed by atoms with Crippen LogP contribution < -0.4 is 4.74 Å². The maximum absolute atomic E-state index is 5.12. The van der Waals surface area contributed by atoms with Gasteiger partial charge in [-0.25, -0.2) is 0 Å². The Balaban J connectivity index is 2.53. The summed E-state index contributed by atoms with van der Waals surface area (Å²) in [5.41, 5.74) is 2.63. The van der Waals surface area contributed by atoms with Crippen LogP contribution in [0.1, 0.15) is 25.8 Å². The summed E-state index contributed by atoms with van der Waals surface area (Å²) in [5.74, 6) is 1.59. The van der Waals surface area contributed by atoms with Crippen LogP contribution in [0, 0.1) is 5.92 Å². The highest BCUT2D eigenvalue weighted by atomic mass is 16.5. The highest BCUT2D eigenvalue weighted by molar-refractivity contribution is 5.27. The number of hydrogen-bond donors (Lipinski definition) is 0. The molecule has 1 aromatic rings. The molecule has 0 saturated carbocycles. The lowest BCUT2D eigenvalue weighted by Crippen LogP contribution is -2.00. The molecule has 0 aromatic heterocycles. The molecule has 0 heterocycles. The number of ether oxygens (including phenoxy) is 1. The maximum atomic E-state index is 5.12. The standard InChI is InChI=1S/C14H20O/c1-11(2)9-12(3)10-13-5-7-14(15-4)8-6-13/h5-8,12H,1,9-10H2,2-4H3/t12-/m0/s1. The second-order valence-corrected chi connectivity index (χ2v) is 4.32. The van der Waals surface area contributed by atoms with Crippen LogP contribution in [0.2, 0.25) is 0 Å². The van der Waals surface area contributed by atoms with E-state index in [0.717, 1.165) is 18.6 Å². The van der Waals surface area contributed by atoms with Crippen LogP contribution in [0.15, 0.2) is 36.4 Å². The van der Waals surface area contributed by atoms with E-state index in [1.807, 2.05) is 12.1 Å². The summed E-state index contributed by atoms with van der Waals surface area (Å²) in [6, 6.07) is 8.30. The fourth-order valence-electron chi connectivity index (χ4n) is 1.83. The number of benzene rings is 1. The predicted octanol–water partition coefficient (Wildman–Crippen LogP) is 3.84. The predicted molar refractivity (Wildman–Crippen MR) is 65.3 cm³/mol. The van der Waals surface area contributed by atoms with Gasteiger partial charge in [0.15, 0.2) is 0 Å². The molecular weight excluding hydrogens is 184 g/mol. The molecule has 0 radical (unpaired) electrons. The lowest BCUT2D eigenvalue weighted by Gasteiger charge is -2.11. The molecule has 0 aliphatic rings. The molecule has 1 nitrogen and oxygen atoms in total. The molecule has 0 bridgehead atoms. The summed E-state index contributed by atoms with van der Waals surface area (Å²) in [5, 5.41) is 0. The van der Waals surface area contributed by atoms with Crippen LogP contribution in [-0.4, -0.2) is 7.11 Å². The minimum absolute atomic E-state index is 0.663. The van der Waals surface area contributed by atoms with Crippen molar-refractivity contribution in [2.75, 3.05) is 7.11 Å². The highest BCUT2D eigenvalue weighted by Crippen LogP contribution is 2.18. The third-order valence-corrected chi connectivity index (χ3v) is 2.44.